The molecular weight excluding hydrogens is 524 g/mol. The number of likely N-dealkylation sites (tertiary alicyclic amines) is 1. The molecule has 2 bridgehead atoms. The van der Waals surface area contributed by atoms with E-state index in [1.54, 1.807) is 24.3 Å². The Morgan fingerprint density at radius 1 is 0.854 bits per heavy atom. The van der Waals surface area contributed by atoms with E-state index in [2.05, 4.69) is 10.2 Å². The zero-order valence-corrected chi connectivity index (χ0v) is 22.5. The molecule has 10 nitrogen and oxygen atoms in total. The number of nitrogens with one attached hydrogen (secondary N) is 1. The molecule has 4 amide bonds. The van der Waals surface area contributed by atoms with Crippen LogP contribution in [0.4, 0.5) is 4.79 Å². The van der Waals surface area contributed by atoms with Gasteiger partial charge in [0, 0.05) is 43.9 Å². The van der Waals surface area contributed by atoms with E-state index in [1.807, 2.05) is 47.0 Å². The zero-order valence-electron chi connectivity index (χ0n) is 22.5. The molecule has 3 aromatic rings. The lowest BCUT2D eigenvalue weighted by Crippen LogP contribution is -2.67. The van der Waals surface area contributed by atoms with E-state index >= 15 is 0 Å². The first-order valence-corrected chi connectivity index (χ1v) is 13.9. The highest BCUT2D eigenvalue weighted by molar-refractivity contribution is 6.19. The number of carbonyl (C=O) groups excluding carboxylic acids is 3. The highest BCUT2D eigenvalue weighted by Crippen LogP contribution is 2.40. The molecule has 2 aromatic carbocycles. The third-order valence-electron chi connectivity index (χ3n) is 8.73. The highest BCUT2D eigenvalue weighted by atomic mass is 16.7. The number of ether oxygens (including phenoxy) is 2. The number of urea groups is 1. The molecule has 2 fully saturated rings. The van der Waals surface area contributed by atoms with Crippen LogP contribution in [-0.2, 0) is 29.1 Å². The minimum Gasteiger partial charge on any atom is -0.454 e. The van der Waals surface area contributed by atoms with Gasteiger partial charge in [0.15, 0.2) is 11.5 Å². The Morgan fingerprint density at radius 2 is 1.68 bits per heavy atom. The second-order valence-corrected chi connectivity index (χ2v) is 11.5. The maximum atomic E-state index is 14.4. The first-order chi connectivity index (χ1) is 19.9. The maximum absolute atomic E-state index is 14.4. The number of pyridine rings is 1. The summed E-state index contributed by atoms with van der Waals surface area (Å²) >= 11 is 0. The summed E-state index contributed by atoms with van der Waals surface area (Å²) in [5, 5.41) is 2.51. The number of rotatable bonds is 6. The van der Waals surface area contributed by atoms with Crippen LogP contribution in [0.3, 0.4) is 0 Å². The predicted octanol–water partition coefficient (Wildman–Crippen LogP) is 2.50. The number of hydrogen-bond acceptors (Lipinski definition) is 7. The average Bonchev–Trinajstić information content (AvgIpc) is 3.43. The van der Waals surface area contributed by atoms with Gasteiger partial charge in [0.05, 0.1) is 6.54 Å². The minimum atomic E-state index is -1.54. The lowest BCUT2D eigenvalue weighted by atomic mass is 9.75. The molecule has 10 heteroatoms. The van der Waals surface area contributed by atoms with Gasteiger partial charge >= 0.3 is 6.03 Å². The average molecular weight is 555 g/mol. The van der Waals surface area contributed by atoms with Crippen LogP contribution < -0.4 is 20.3 Å². The monoisotopic (exact) mass is 554 g/mol. The van der Waals surface area contributed by atoms with Crippen LogP contribution in [-0.4, -0.2) is 58.6 Å². The summed E-state index contributed by atoms with van der Waals surface area (Å²) in [5.41, 5.74) is 0.974. The van der Waals surface area contributed by atoms with Gasteiger partial charge in [0.1, 0.15) is 5.41 Å². The van der Waals surface area contributed by atoms with Crippen LogP contribution in [0.1, 0.15) is 29.2 Å². The van der Waals surface area contributed by atoms with Crippen molar-refractivity contribution in [1.82, 2.24) is 19.7 Å². The summed E-state index contributed by atoms with van der Waals surface area (Å²) in [6, 6.07) is 19.3. The fourth-order valence-corrected chi connectivity index (χ4v) is 6.90. The standard InChI is InChI=1S/C31H30N4O6/c36-27-8-4-7-24-23-11-22(16-34(24)27)14-33(17-23)18-31(13-21-9-10-25-26(12-21)41-19-40-25)28(37)32-30(39)35(29(31)38)15-20-5-2-1-3-6-20/h1-10,12,22-23H,11,13-19H2,(H,32,37,39)/t22-,23+,31-/m0/s1. The second kappa shape index (κ2) is 9.88. The lowest BCUT2D eigenvalue weighted by Gasteiger charge is -2.47. The molecule has 0 saturated carbocycles. The van der Waals surface area contributed by atoms with Crippen molar-refractivity contribution in [2.24, 2.45) is 11.3 Å². The van der Waals surface area contributed by atoms with Gasteiger partial charge in [-0.25, -0.2) is 4.79 Å². The lowest BCUT2D eigenvalue weighted by molar-refractivity contribution is -0.154. The van der Waals surface area contributed by atoms with Crippen molar-refractivity contribution in [3.8, 4) is 11.5 Å². The normalized spacial score (nSPS) is 25.2. The molecule has 2 saturated heterocycles. The van der Waals surface area contributed by atoms with Crippen LogP contribution in [0.2, 0.25) is 0 Å². The molecule has 0 spiro atoms. The fourth-order valence-electron chi connectivity index (χ4n) is 6.90. The summed E-state index contributed by atoms with van der Waals surface area (Å²) in [6.07, 6.45) is 1.04. The van der Waals surface area contributed by atoms with E-state index in [0.29, 0.717) is 31.1 Å². The smallest absolute Gasteiger partial charge is 0.331 e. The largest absolute Gasteiger partial charge is 0.454 e. The quantitative estimate of drug-likeness (QED) is 0.467. The molecule has 0 aliphatic carbocycles. The molecule has 3 atom stereocenters. The second-order valence-electron chi connectivity index (χ2n) is 11.5. The van der Waals surface area contributed by atoms with Crippen LogP contribution in [0.25, 0.3) is 0 Å². The van der Waals surface area contributed by atoms with Crippen LogP contribution in [0.5, 0.6) is 11.5 Å². The van der Waals surface area contributed by atoms with Gasteiger partial charge in [-0.05, 0) is 48.1 Å². The first-order valence-electron chi connectivity index (χ1n) is 13.9. The third-order valence-corrected chi connectivity index (χ3v) is 8.73. The van der Waals surface area contributed by atoms with Crippen molar-refractivity contribution in [3.63, 3.8) is 0 Å². The molecule has 1 aromatic heterocycles. The molecule has 1 N–H and O–H groups in total. The molecule has 5 heterocycles. The van der Waals surface area contributed by atoms with Crippen molar-refractivity contribution in [3.05, 3.63) is 93.9 Å². The Hall–Kier alpha value is -4.44. The van der Waals surface area contributed by atoms with Gasteiger partial charge in [0.2, 0.25) is 18.6 Å². The molecule has 4 aliphatic rings. The van der Waals surface area contributed by atoms with Crippen molar-refractivity contribution in [2.75, 3.05) is 26.4 Å². The predicted molar refractivity (Wildman–Crippen MR) is 147 cm³/mol. The van der Waals surface area contributed by atoms with Crippen LogP contribution >= 0.6 is 0 Å². The Kier molecular flexibility index (Phi) is 6.15. The SMILES string of the molecule is O=C1NC(=O)[C@](Cc2ccc3c(c2)OCO3)(CN2C[C@@H]3C[C@H](C2)c2cccc(=O)n2C3)C(=O)N1Cc1ccccc1. The Labute approximate surface area is 236 Å². The number of piperidine rings is 1. The number of hydrogen-bond donors (Lipinski definition) is 1. The molecule has 0 unspecified atom stereocenters. The van der Waals surface area contributed by atoms with Gasteiger partial charge in [0.25, 0.3) is 5.56 Å². The number of imide groups is 2. The summed E-state index contributed by atoms with van der Waals surface area (Å²) in [4.78, 5) is 57.1. The number of barbiturate groups is 1. The zero-order chi connectivity index (χ0) is 28.1. The number of nitrogens with zero attached hydrogens (tertiary/aromatic N) is 3. The summed E-state index contributed by atoms with van der Waals surface area (Å²) < 4.78 is 12.9. The Morgan fingerprint density at radius 3 is 2.54 bits per heavy atom. The van der Waals surface area contributed by atoms with Gasteiger partial charge in [-0.1, -0.05) is 42.5 Å². The van der Waals surface area contributed by atoms with E-state index in [1.165, 1.54) is 0 Å². The van der Waals surface area contributed by atoms with Crippen molar-refractivity contribution < 1.29 is 23.9 Å². The van der Waals surface area contributed by atoms with Crippen LogP contribution in [0.15, 0.2) is 71.5 Å². The molecule has 4 aliphatic heterocycles. The third kappa shape index (κ3) is 4.48. The molecule has 210 valence electrons. The molecule has 0 radical (unpaired) electrons. The van der Waals surface area contributed by atoms with Gasteiger partial charge < -0.3 is 18.9 Å². The van der Waals surface area contributed by atoms with E-state index in [0.717, 1.165) is 28.1 Å². The number of benzene rings is 2. The summed E-state index contributed by atoms with van der Waals surface area (Å²) in [7, 11) is 0. The van der Waals surface area contributed by atoms with Crippen molar-refractivity contribution in [1.29, 1.82) is 0 Å². The van der Waals surface area contributed by atoms with Gasteiger partial charge in [-0.3, -0.25) is 24.6 Å². The topological polar surface area (TPSA) is 110 Å². The Balaban J connectivity index is 1.24. The van der Waals surface area contributed by atoms with Gasteiger partial charge in [-0.2, -0.15) is 0 Å². The first kappa shape index (κ1) is 25.5. The van der Waals surface area contributed by atoms with E-state index < -0.39 is 23.3 Å². The van der Waals surface area contributed by atoms with E-state index in [-0.39, 0.29) is 43.7 Å². The van der Waals surface area contributed by atoms with E-state index in [9.17, 15) is 19.2 Å². The molecule has 41 heavy (non-hydrogen) atoms. The summed E-state index contributed by atoms with van der Waals surface area (Å²) in [6.45, 7) is 2.18. The highest BCUT2D eigenvalue weighted by Gasteiger charge is 2.55. The number of carbonyl (C=O) groups is 3. The number of amides is 4. The summed E-state index contributed by atoms with van der Waals surface area (Å²) in [5.74, 6) is 0.395. The number of fused-ring (bicyclic) bond motifs is 5. The van der Waals surface area contributed by atoms with Crippen molar-refractivity contribution in [2.45, 2.75) is 31.8 Å². The Bertz CT molecular complexity index is 1600. The van der Waals surface area contributed by atoms with Gasteiger partial charge in [-0.15, -0.1) is 0 Å². The van der Waals surface area contributed by atoms with E-state index in [4.69, 9.17) is 9.47 Å². The molecular formula is C31H30N4O6. The fraction of sp³-hybridized carbons (Fsp3) is 0.355. The van der Waals surface area contributed by atoms with Crippen molar-refractivity contribution >= 4 is 17.8 Å². The van der Waals surface area contributed by atoms with Crippen LogP contribution in [0, 0.1) is 11.3 Å². The maximum Gasteiger partial charge on any atom is 0.331 e. The molecule has 7 rings (SSSR count). The minimum absolute atomic E-state index is 0.00170. The number of aromatic nitrogens is 1.